The predicted octanol–water partition coefficient (Wildman–Crippen LogP) is 1.73. The number of benzene rings is 1. The van der Waals surface area contributed by atoms with Crippen LogP contribution >= 0.6 is 0 Å². The molecule has 3 N–H and O–H groups in total. The molecule has 0 spiro atoms. The number of nitrogens with one attached hydrogen (secondary N) is 3. The van der Waals surface area contributed by atoms with Crippen molar-refractivity contribution >= 4 is 18.0 Å². The Bertz CT molecular complexity index is 856. The van der Waals surface area contributed by atoms with Gasteiger partial charge in [0.05, 0.1) is 6.04 Å². The van der Waals surface area contributed by atoms with Crippen molar-refractivity contribution in [1.82, 2.24) is 25.8 Å². The molecule has 0 saturated carbocycles. The number of ether oxygens (including phenoxy) is 1. The monoisotopic (exact) mass is 451 g/mol. The second-order valence-electron chi connectivity index (χ2n) is 8.32. The van der Waals surface area contributed by atoms with Gasteiger partial charge in [0.1, 0.15) is 0 Å². The molecule has 3 fully saturated rings. The van der Waals surface area contributed by atoms with Crippen molar-refractivity contribution in [1.29, 1.82) is 0 Å². The molecule has 174 valence electrons. The second kappa shape index (κ2) is 9.37. The number of nitrogens with zero attached hydrogens (tertiary/aromatic N) is 2. The zero-order chi connectivity index (χ0) is 22.8. The maximum Gasteiger partial charge on any atom is 0.328 e. The van der Waals surface area contributed by atoms with Gasteiger partial charge in [-0.1, -0.05) is 24.3 Å². The molecular formula is C21H27F2N5O4. The van der Waals surface area contributed by atoms with Gasteiger partial charge in [-0.3, -0.25) is 10.1 Å². The minimum atomic E-state index is -2.78. The highest BCUT2D eigenvalue weighted by molar-refractivity contribution is 5.96. The Morgan fingerprint density at radius 2 is 1.81 bits per heavy atom. The number of hydrogen-bond acceptors (Lipinski definition) is 5. The molecule has 3 aliphatic rings. The summed E-state index contributed by atoms with van der Waals surface area (Å²) in [6.45, 7) is 3.53. The summed E-state index contributed by atoms with van der Waals surface area (Å²) < 4.78 is 33.1. The number of alkyl halides is 2. The lowest BCUT2D eigenvalue weighted by Gasteiger charge is -2.40. The normalized spacial score (nSPS) is 21.9. The van der Waals surface area contributed by atoms with Gasteiger partial charge in [-0.15, -0.1) is 0 Å². The minimum Gasteiger partial charge on any atom is -0.381 e. The van der Waals surface area contributed by atoms with Crippen molar-refractivity contribution in [2.24, 2.45) is 0 Å². The predicted molar refractivity (Wildman–Crippen MR) is 110 cm³/mol. The number of carbonyl (C=O) groups excluding carboxylic acids is 3. The lowest BCUT2D eigenvalue weighted by Crippen LogP contribution is -2.70. The van der Waals surface area contributed by atoms with Gasteiger partial charge < -0.3 is 20.3 Å². The third-order valence-corrected chi connectivity index (χ3v) is 6.20. The van der Waals surface area contributed by atoms with Gasteiger partial charge in [-0.25, -0.2) is 23.3 Å². The first kappa shape index (κ1) is 22.4. The van der Waals surface area contributed by atoms with Crippen LogP contribution in [0.2, 0.25) is 0 Å². The molecule has 9 nitrogen and oxygen atoms in total. The fraction of sp³-hybridized carbons (Fsp3) is 0.571. The molecule has 0 bridgehead atoms. The van der Waals surface area contributed by atoms with Gasteiger partial charge in [-0.05, 0) is 24.0 Å². The molecule has 0 aromatic heterocycles. The van der Waals surface area contributed by atoms with Gasteiger partial charge >= 0.3 is 12.1 Å². The number of hydrogen-bond donors (Lipinski definition) is 3. The van der Waals surface area contributed by atoms with E-state index in [9.17, 15) is 23.2 Å². The minimum absolute atomic E-state index is 0.0110. The summed E-state index contributed by atoms with van der Waals surface area (Å²) in [5.74, 6) is 0.0856. The molecule has 3 saturated heterocycles. The van der Waals surface area contributed by atoms with E-state index in [1.165, 1.54) is 6.92 Å². The SMILES string of the molecule is CC(=O)N1CC(c2cccc([C@@H](NC3NC(=O)N(C4CCOCC4)C(=O)N3)C(F)F)c2)C1. The summed E-state index contributed by atoms with van der Waals surface area (Å²) in [4.78, 5) is 39.3. The molecule has 0 unspecified atom stereocenters. The molecule has 1 aromatic rings. The van der Waals surface area contributed by atoms with Crippen LogP contribution in [-0.4, -0.2) is 72.8 Å². The first-order valence-corrected chi connectivity index (χ1v) is 10.7. The summed E-state index contributed by atoms with van der Waals surface area (Å²) in [5, 5.41) is 7.76. The summed E-state index contributed by atoms with van der Waals surface area (Å²) in [6, 6.07) is 3.87. The first-order chi connectivity index (χ1) is 15.3. The van der Waals surface area contributed by atoms with E-state index in [4.69, 9.17) is 4.74 Å². The standard InChI is InChI=1S/C21H27F2N5O4/c1-12(29)27-10-15(11-27)13-3-2-4-14(9-13)17(18(22)23)24-19-25-20(30)28(21(31)26-19)16-5-7-32-8-6-16/h2-4,9,15-19,24H,5-8,10-11H2,1H3,(H,25,30)(H,26,31)/t17-/m1/s1. The third-order valence-electron chi connectivity index (χ3n) is 6.20. The Morgan fingerprint density at radius 1 is 1.16 bits per heavy atom. The number of urea groups is 2. The van der Waals surface area contributed by atoms with Crippen molar-refractivity contribution < 1.29 is 27.9 Å². The number of likely N-dealkylation sites (tertiary alicyclic amines) is 1. The molecule has 3 heterocycles. The Kier molecular flexibility index (Phi) is 6.56. The molecule has 11 heteroatoms. The number of amides is 5. The highest BCUT2D eigenvalue weighted by Crippen LogP contribution is 2.30. The van der Waals surface area contributed by atoms with Crippen molar-refractivity contribution in [2.45, 2.75) is 50.5 Å². The lowest BCUT2D eigenvalue weighted by atomic mass is 9.89. The molecule has 1 atom stereocenters. The van der Waals surface area contributed by atoms with Gasteiger partial charge in [-0.2, -0.15) is 0 Å². The van der Waals surface area contributed by atoms with E-state index in [2.05, 4.69) is 16.0 Å². The maximum absolute atomic E-state index is 13.9. The average molecular weight is 451 g/mol. The van der Waals surface area contributed by atoms with Gasteiger partial charge in [0, 0.05) is 45.2 Å². The number of halogens is 2. The van der Waals surface area contributed by atoms with Crippen LogP contribution in [0.5, 0.6) is 0 Å². The number of carbonyl (C=O) groups is 3. The van der Waals surface area contributed by atoms with E-state index in [0.717, 1.165) is 10.5 Å². The van der Waals surface area contributed by atoms with Crippen LogP contribution in [0.25, 0.3) is 0 Å². The molecular weight excluding hydrogens is 424 g/mol. The van der Waals surface area contributed by atoms with Crippen molar-refractivity contribution in [2.75, 3.05) is 26.3 Å². The van der Waals surface area contributed by atoms with Crippen LogP contribution in [0, 0.1) is 0 Å². The summed E-state index contributed by atoms with van der Waals surface area (Å²) in [7, 11) is 0. The van der Waals surface area contributed by atoms with Crippen molar-refractivity contribution in [3.05, 3.63) is 35.4 Å². The van der Waals surface area contributed by atoms with E-state index < -0.39 is 30.8 Å². The van der Waals surface area contributed by atoms with E-state index in [-0.39, 0.29) is 17.9 Å². The van der Waals surface area contributed by atoms with Crippen LogP contribution in [0.4, 0.5) is 18.4 Å². The van der Waals surface area contributed by atoms with Gasteiger partial charge in [0.25, 0.3) is 6.43 Å². The molecule has 32 heavy (non-hydrogen) atoms. The molecule has 0 radical (unpaired) electrons. The van der Waals surface area contributed by atoms with E-state index >= 15 is 0 Å². The molecule has 1 aromatic carbocycles. The van der Waals surface area contributed by atoms with Crippen molar-refractivity contribution in [3.8, 4) is 0 Å². The third kappa shape index (κ3) is 4.68. The Balaban J connectivity index is 1.42. The Hall–Kier alpha value is -2.79. The van der Waals surface area contributed by atoms with Crippen LogP contribution in [0.3, 0.4) is 0 Å². The average Bonchev–Trinajstić information content (AvgIpc) is 2.71. The van der Waals surface area contributed by atoms with Crippen LogP contribution in [0.1, 0.15) is 42.9 Å². The second-order valence-corrected chi connectivity index (χ2v) is 8.32. The fourth-order valence-electron chi connectivity index (χ4n) is 4.32. The summed E-state index contributed by atoms with van der Waals surface area (Å²) in [5.41, 5.74) is 1.21. The summed E-state index contributed by atoms with van der Waals surface area (Å²) in [6.07, 6.45) is -2.84. The summed E-state index contributed by atoms with van der Waals surface area (Å²) >= 11 is 0. The highest BCUT2D eigenvalue weighted by Gasteiger charge is 2.39. The fourth-order valence-corrected chi connectivity index (χ4v) is 4.32. The largest absolute Gasteiger partial charge is 0.381 e. The van der Waals surface area contributed by atoms with Crippen LogP contribution in [0.15, 0.2) is 24.3 Å². The molecule has 5 amide bonds. The lowest BCUT2D eigenvalue weighted by molar-refractivity contribution is -0.133. The van der Waals surface area contributed by atoms with Gasteiger partial charge in [0.2, 0.25) is 5.91 Å². The van der Waals surface area contributed by atoms with Crippen LogP contribution in [-0.2, 0) is 9.53 Å². The topological polar surface area (TPSA) is 103 Å². The van der Waals surface area contributed by atoms with E-state index in [0.29, 0.717) is 44.7 Å². The van der Waals surface area contributed by atoms with Gasteiger partial charge in [0.15, 0.2) is 6.29 Å². The Morgan fingerprint density at radius 3 is 2.41 bits per heavy atom. The maximum atomic E-state index is 13.9. The van der Waals surface area contributed by atoms with E-state index in [1.54, 1.807) is 23.1 Å². The zero-order valence-corrected chi connectivity index (χ0v) is 17.7. The van der Waals surface area contributed by atoms with E-state index in [1.807, 2.05) is 6.07 Å². The smallest absolute Gasteiger partial charge is 0.328 e. The highest BCUT2D eigenvalue weighted by atomic mass is 19.3. The molecule has 0 aliphatic carbocycles. The van der Waals surface area contributed by atoms with Crippen molar-refractivity contribution in [3.63, 3.8) is 0 Å². The first-order valence-electron chi connectivity index (χ1n) is 10.7. The molecule has 3 aliphatic heterocycles. The number of imide groups is 1. The number of rotatable bonds is 6. The zero-order valence-electron chi connectivity index (χ0n) is 17.7. The van der Waals surface area contributed by atoms with Crippen LogP contribution < -0.4 is 16.0 Å². The molecule has 4 rings (SSSR count). The quantitative estimate of drug-likeness (QED) is 0.611. The Labute approximate surface area is 184 Å².